The lowest BCUT2D eigenvalue weighted by Crippen LogP contribution is -2.45. The van der Waals surface area contributed by atoms with Crippen LogP contribution in [0.2, 0.25) is 0 Å². The van der Waals surface area contributed by atoms with E-state index in [1.165, 1.54) is 0 Å². The highest BCUT2D eigenvalue weighted by molar-refractivity contribution is 6.07. The van der Waals surface area contributed by atoms with E-state index >= 15 is 0 Å². The molecule has 1 fully saturated rings. The minimum absolute atomic E-state index is 0.00310. The smallest absolute Gasteiger partial charge is 0.257 e. The van der Waals surface area contributed by atoms with Crippen LogP contribution in [-0.2, 0) is 0 Å². The van der Waals surface area contributed by atoms with E-state index in [1.54, 1.807) is 18.2 Å². The van der Waals surface area contributed by atoms with Gasteiger partial charge in [0.1, 0.15) is 0 Å². The van der Waals surface area contributed by atoms with Crippen molar-refractivity contribution < 1.29 is 9.59 Å². The predicted molar refractivity (Wildman–Crippen MR) is 145 cm³/mol. The molecule has 0 saturated carbocycles. The molecule has 3 aromatic rings. The minimum Gasteiger partial charge on any atom is -0.398 e. The number of carbonyl (C=O) groups excluding carboxylic acids is 2. The Bertz CT molecular complexity index is 1180. The third kappa shape index (κ3) is 5.75. The molecule has 0 aliphatic carbocycles. The fourth-order valence-corrected chi connectivity index (χ4v) is 4.74. The molecule has 0 spiro atoms. The van der Waals surface area contributed by atoms with Crippen LogP contribution < -0.4 is 16.4 Å². The summed E-state index contributed by atoms with van der Waals surface area (Å²) < 4.78 is 0. The number of carbonyl (C=O) groups is 2. The van der Waals surface area contributed by atoms with E-state index in [1.807, 2.05) is 55.1 Å². The quantitative estimate of drug-likeness (QED) is 0.420. The van der Waals surface area contributed by atoms with Gasteiger partial charge in [-0.05, 0) is 61.4 Å². The molecule has 1 saturated heterocycles. The molecule has 4 rings (SSSR count). The fraction of sp³-hybridized carbons (Fsp3) is 0.310. The Morgan fingerprint density at radius 2 is 1.64 bits per heavy atom. The maximum absolute atomic E-state index is 12.8. The number of benzene rings is 3. The maximum Gasteiger partial charge on any atom is 0.257 e. The first-order chi connectivity index (χ1) is 17.5. The van der Waals surface area contributed by atoms with Crippen molar-refractivity contribution in [3.8, 4) is 0 Å². The summed E-state index contributed by atoms with van der Waals surface area (Å²) in [6.45, 7) is 9.00. The molecule has 2 amide bonds. The number of rotatable bonds is 8. The molecule has 3 aromatic carbocycles. The number of para-hydroxylation sites is 1. The van der Waals surface area contributed by atoms with Gasteiger partial charge >= 0.3 is 0 Å². The summed E-state index contributed by atoms with van der Waals surface area (Å²) in [5.74, 6) is -0.182. The van der Waals surface area contributed by atoms with Gasteiger partial charge in [-0.15, -0.1) is 0 Å². The van der Waals surface area contributed by atoms with Crippen LogP contribution in [0, 0.1) is 0 Å². The van der Waals surface area contributed by atoms with Gasteiger partial charge in [0.15, 0.2) is 0 Å². The van der Waals surface area contributed by atoms with Crippen LogP contribution in [0.1, 0.15) is 51.7 Å². The second-order valence-electron chi connectivity index (χ2n) is 8.95. The van der Waals surface area contributed by atoms with Gasteiger partial charge in [0.2, 0.25) is 0 Å². The molecule has 0 aromatic heterocycles. The number of anilines is 2. The van der Waals surface area contributed by atoms with Crippen LogP contribution in [-0.4, -0.2) is 60.9 Å². The second-order valence-corrected chi connectivity index (χ2v) is 8.95. The molecule has 4 N–H and O–H groups in total. The summed E-state index contributed by atoms with van der Waals surface area (Å²) in [4.78, 5) is 29.9. The molecule has 1 aliphatic heterocycles. The van der Waals surface area contributed by atoms with E-state index in [-0.39, 0.29) is 17.9 Å². The van der Waals surface area contributed by atoms with Crippen molar-refractivity contribution in [3.63, 3.8) is 0 Å². The van der Waals surface area contributed by atoms with Gasteiger partial charge in [-0.25, -0.2) is 0 Å². The molecular formula is C29H35N5O2. The number of piperazine rings is 1. The Labute approximate surface area is 213 Å². The van der Waals surface area contributed by atoms with Crippen LogP contribution in [0.3, 0.4) is 0 Å². The molecule has 1 aliphatic rings. The van der Waals surface area contributed by atoms with Crippen LogP contribution in [0.4, 0.5) is 11.4 Å². The predicted octanol–water partition coefficient (Wildman–Crippen LogP) is 4.00. The molecule has 36 heavy (non-hydrogen) atoms. The van der Waals surface area contributed by atoms with E-state index < -0.39 is 0 Å². The summed E-state index contributed by atoms with van der Waals surface area (Å²) in [5, 5.41) is 6.42. The highest BCUT2D eigenvalue weighted by Gasteiger charge is 2.25. The van der Waals surface area contributed by atoms with Gasteiger partial charge in [-0.1, -0.05) is 36.4 Å². The van der Waals surface area contributed by atoms with Crippen molar-refractivity contribution in [1.82, 2.24) is 15.1 Å². The van der Waals surface area contributed by atoms with E-state index in [0.29, 0.717) is 35.6 Å². The fourth-order valence-electron chi connectivity index (χ4n) is 4.74. The van der Waals surface area contributed by atoms with Gasteiger partial charge in [0.25, 0.3) is 11.8 Å². The van der Waals surface area contributed by atoms with Crippen LogP contribution in [0.5, 0.6) is 0 Å². The van der Waals surface area contributed by atoms with Crippen molar-refractivity contribution in [1.29, 1.82) is 0 Å². The lowest BCUT2D eigenvalue weighted by Gasteiger charge is -2.36. The van der Waals surface area contributed by atoms with Gasteiger partial charge in [-0.2, -0.15) is 0 Å². The highest BCUT2D eigenvalue weighted by Crippen LogP contribution is 2.31. The third-order valence-corrected chi connectivity index (χ3v) is 6.71. The molecule has 7 heteroatoms. The standard InChI is InChI=1S/C29H35N5O2/c1-3-33(4-2)29(36)22-14-12-21(13-15-22)27(34-18-16-31-17-19-34)23-8-7-9-24(20-23)32-28(35)25-10-5-6-11-26(25)30/h5-15,20,27,31H,3-4,16-19,30H2,1-2H3,(H,32,35)/t27-/m1/s1. The van der Waals surface area contributed by atoms with Crippen molar-refractivity contribution in [2.75, 3.05) is 50.3 Å². The molecule has 0 unspecified atom stereocenters. The molecule has 188 valence electrons. The largest absolute Gasteiger partial charge is 0.398 e. The van der Waals surface area contributed by atoms with Crippen molar-refractivity contribution in [2.24, 2.45) is 0 Å². The van der Waals surface area contributed by atoms with Gasteiger partial charge < -0.3 is 21.3 Å². The lowest BCUT2D eigenvalue weighted by molar-refractivity contribution is 0.0772. The average molecular weight is 486 g/mol. The Hall–Kier alpha value is -3.68. The molecular weight excluding hydrogens is 450 g/mol. The number of nitrogens with one attached hydrogen (secondary N) is 2. The van der Waals surface area contributed by atoms with Gasteiger partial charge in [-0.3, -0.25) is 14.5 Å². The van der Waals surface area contributed by atoms with E-state index in [2.05, 4.69) is 33.7 Å². The van der Waals surface area contributed by atoms with Crippen LogP contribution in [0.25, 0.3) is 0 Å². The number of nitrogen functional groups attached to an aromatic ring is 1. The van der Waals surface area contributed by atoms with E-state index in [0.717, 1.165) is 37.3 Å². The average Bonchev–Trinajstić information content (AvgIpc) is 2.91. The van der Waals surface area contributed by atoms with Gasteiger partial charge in [0, 0.05) is 56.2 Å². The Kier molecular flexibility index (Phi) is 8.36. The Morgan fingerprint density at radius 3 is 2.31 bits per heavy atom. The minimum atomic E-state index is -0.233. The first kappa shape index (κ1) is 25.4. The molecule has 1 heterocycles. The number of hydrogen-bond acceptors (Lipinski definition) is 5. The van der Waals surface area contributed by atoms with E-state index in [9.17, 15) is 9.59 Å². The molecule has 1 atom stereocenters. The summed E-state index contributed by atoms with van der Waals surface area (Å²) in [5.41, 5.74) is 10.5. The Balaban J connectivity index is 1.62. The summed E-state index contributed by atoms with van der Waals surface area (Å²) in [7, 11) is 0. The van der Waals surface area contributed by atoms with Gasteiger partial charge in [0.05, 0.1) is 11.6 Å². The number of hydrogen-bond donors (Lipinski definition) is 3. The third-order valence-electron chi connectivity index (χ3n) is 6.71. The Morgan fingerprint density at radius 1 is 0.944 bits per heavy atom. The number of amides is 2. The van der Waals surface area contributed by atoms with Crippen LogP contribution >= 0.6 is 0 Å². The highest BCUT2D eigenvalue weighted by atomic mass is 16.2. The maximum atomic E-state index is 12.8. The van der Waals surface area contributed by atoms with Crippen LogP contribution in [0.15, 0.2) is 72.8 Å². The van der Waals surface area contributed by atoms with Crippen molar-refractivity contribution in [2.45, 2.75) is 19.9 Å². The summed E-state index contributed by atoms with van der Waals surface area (Å²) >= 11 is 0. The topological polar surface area (TPSA) is 90.7 Å². The zero-order valence-electron chi connectivity index (χ0n) is 21.0. The number of nitrogens with two attached hydrogens (primary N) is 1. The normalized spacial score (nSPS) is 14.7. The molecule has 0 bridgehead atoms. The SMILES string of the molecule is CCN(CC)C(=O)c1ccc([C@H](c2cccc(NC(=O)c3ccccc3N)c2)N2CCNCC2)cc1. The molecule has 7 nitrogen and oxygen atoms in total. The van der Waals surface area contributed by atoms with Crippen molar-refractivity contribution >= 4 is 23.2 Å². The number of nitrogens with zero attached hydrogens (tertiary/aromatic N) is 2. The molecule has 0 radical (unpaired) electrons. The summed E-state index contributed by atoms with van der Waals surface area (Å²) in [6, 6.07) is 23.0. The zero-order chi connectivity index (χ0) is 25.5. The monoisotopic (exact) mass is 485 g/mol. The first-order valence-corrected chi connectivity index (χ1v) is 12.6. The first-order valence-electron chi connectivity index (χ1n) is 12.6. The summed E-state index contributed by atoms with van der Waals surface area (Å²) in [6.07, 6.45) is 0. The van der Waals surface area contributed by atoms with Crippen molar-refractivity contribution in [3.05, 3.63) is 95.1 Å². The second kappa shape index (κ2) is 11.8. The zero-order valence-corrected chi connectivity index (χ0v) is 21.0. The lowest BCUT2D eigenvalue weighted by atomic mass is 9.95. The van der Waals surface area contributed by atoms with E-state index in [4.69, 9.17) is 5.73 Å².